The Morgan fingerprint density at radius 2 is 2.10 bits per heavy atom. The number of hydrogen-bond donors (Lipinski definition) is 3. The maximum Gasteiger partial charge on any atom is 0.274 e. The smallest absolute Gasteiger partial charge is 0.274 e. The molecular weight excluding hydrogens is 288 g/mol. The molecule has 0 unspecified atom stereocenters. The van der Waals surface area contributed by atoms with Crippen LogP contribution < -0.4 is 5.48 Å². The number of nitrogens with one attached hydrogen (secondary N) is 1. The van der Waals surface area contributed by atoms with E-state index in [-0.39, 0.29) is 6.61 Å². The molecule has 3 aromatic rings. The summed E-state index contributed by atoms with van der Waals surface area (Å²) in [6.07, 6.45) is 0. The number of amides is 1. The second-order valence-electron chi connectivity index (χ2n) is 4.50. The highest BCUT2D eigenvalue weighted by Crippen LogP contribution is 2.31. The Kier molecular flexibility index (Phi) is 3.66. The molecule has 0 aliphatic carbocycles. The van der Waals surface area contributed by atoms with Crippen molar-refractivity contribution in [2.45, 2.75) is 6.61 Å². The van der Waals surface area contributed by atoms with E-state index in [2.05, 4.69) is 4.98 Å². The second-order valence-corrected chi connectivity index (χ2v) is 5.53. The first-order valence-electron chi connectivity index (χ1n) is 6.26. The summed E-state index contributed by atoms with van der Waals surface area (Å²) in [5.74, 6) is -0.547. The van der Waals surface area contributed by atoms with Crippen LogP contribution in [0.4, 0.5) is 0 Å². The van der Waals surface area contributed by atoms with E-state index in [0.29, 0.717) is 5.56 Å². The molecule has 5 nitrogen and oxygen atoms in total. The third-order valence-electron chi connectivity index (χ3n) is 3.11. The number of carbonyl (C=O) groups excluding carboxylic acids is 1. The summed E-state index contributed by atoms with van der Waals surface area (Å²) >= 11 is 1.46. The standard InChI is InChI=1S/C15H12N2O3S/c18-8-9-2-1-3-11(6-9)15-16-12-5-4-10(14(19)17-20)7-13(12)21-15/h1-7,18,20H,8H2,(H,17,19). The minimum Gasteiger partial charge on any atom is -0.392 e. The van der Waals surface area contributed by atoms with E-state index in [1.165, 1.54) is 11.3 Å². The van der Waals surface area contributed by atoms with E-state index in [4.69, 9.17) is 5.21 Å². The summed E-state index contributed by atoms with van der Waals surface area (Å²) in [5.41, 5.74) is 4.54. The molecule has 0 saturated heterocycles. The molecule has 0 bridgehead atoms. The lowest BCUT2D eigenvalue weighted by atomic mass is 10.1. The van der Waals surface area contributed by atoms with Crippen molar-refractivity contribution < 1.29 is 15.1 Å². The molecule has 0 saturated carbocycles. The molecule has 3 N–H and O–H groups in total. The van der Waals surface area contributed by atoms with Crippen molar-refractivity contribution in [3.8, 4) is 10.6 Å². The van der Waals surface area contributed by atoms with Crippen molar-refractivity contribution >= 4 is 27.5 Å². The van der Waals surface area contributed by atoms with Gasteiger partial charge in [-0.1, -0.05) is 18.2 Å². The van der Waals surface area contributed by atoms with Gasteiger partial charge in [0, 0.05) is 11.1 Å². The first kappa shape index (κ1) is 13.7. The zero-order chi connectivity index (χ0) is 14.8. The van der Waals surface area contributed by atoms with Gasteiger partial charge in [0.2, 0.25) is 0 Å². The van der Waals surface area contributed by atoms with Gasteiger partial charge in [-0.3, -0.25) is 10.0 Å². The zero-order valence-corrected chi connectivity index (χ0v) is 11.7. The van der Waals surface area contributed by atoms with E-state index in [9.17, 15) is 9.90 Å². The highest BCUT2D eigenvalue weighted by atomic mass is 32.1. The van der Waals surface area contributed by atoms with Crippen LogP contribution in [-0.2, 0) is 6.61 Å². The van der Waals surface area contributed by atoms with Gasteiger partial charge in [0.15, 0.2) is 0 Å². The number of aromatic nitrogens is 1. The SMILES string of the molecule is O=C(NO)c1ccc2nc(-c3cccc(CO)c3)sc2c1. The normalized spacial score (nSPS) is 10.8. The first-order chi connectivity index (χ1) is 10.2. The maximum absolute atomic E-state index is 11.4. The molecule has 0 radical (unpaired) electrons. The van der Waals surface area contributed by atoms with Crippen LogP contribution >= 0.6 is 11.3 Å². The average Bonchev–Trinajstić information content (AvgIpc) is 2.97. The number of rotatable bonds is 3. The van der Waals surface area contributed by atoms with Crippen LogP contribution in [0.3, 0.4) is 0 Å². The fraction of sp³-hybridized carbons (Fsp3) is 0.0667. The lowest BCUT2D eigenvalue weighted by Gasteiger charge is -1.98. The second kappa shape index (κ2) is 5.61. The summed E-state index contributed by atoms with van der Waals surface area (Å²) in [5, 5.41) is 18.7. The molecule has 0 spiro atoms. The van der Waals surface area contributed by atoms with Crippen LogP contribution in [0.25, 0.3) is 20.8 Å². The van der Waals surface area contributed by atoms with E-state index < -0.39 is 5.91 Å². The lowest BCUT2D eigenvalue weighted by molar-refractivity contribution is 0.0706. The van der Waals surface area contributed by atoms with Crippen LogP contribution in [0, 0.1) is 0 Å². The fourth-order valence-corrected chi connectivity index (χ4v) is 3.06. The van der Waals surface area contributed by atoms with Gasteiger partial charge in [0.25, 0.3) is 5.91 Å². The molecule has 1 aromatic heterocycles. The molecule has 0 fully saturated rings. The highest BCUT2D eigenvalue weighted by molar-refractivity contribution is 7.21. The van der Waals surface area contributed by atoms with Crippen molar-refractivity contribution in [1.29, 1.82) is 0 Å². The van der Waals surface area contributed by atoms with Gasteiger partial charge in [0.1, 0.15) is 5.01 Å². The van der Waals surface area contributed by atoms with Crippen LogP contribution in [0.5, 0.6) is 0 Å². The van der Waals surface area contributed by atoms with Gasteiger partial charge in [0.05, 0.1) is 16.8 Å². The quantitative estimate of drug-likeness (QED) is 0.513. The number of nitrogens with zero attached hydrogens (tertiary/aromatic N) is 1. The summed E-state index contributed by atoms with van der Waals surface area (Å²) in [7, 11) is 0. The van der Waals surface area contributed by atoms with Crippen molar-refractivity contribution in [1.82, 2.24) is 10.5 Å². The molecule has 0 atom stereocenters. The fourth-order valence-electron chi connectivity index (χ4n) is 2.06. The molecule has 106 valence electrons. The number of hydroxylamine groups is 1. The summed E-state index contributed by atoms with van der Waals surface area (Å²) in [6.45, 7) is -0.0143. The van der Waals surface area contributed by atoms with Crippen molar-refractivity contribution in [2.24, 2.45) is 0 Å². The number of benzene rings is 2. The van der Waals surface area contributed by atoms with Crippen molar-refractivity contribution in [2.75, 3.05) is 0 Å². The number of aliphatic hydroxyl groups excluding tert-OH is 1. The van der Waals surface area contributed by atoms with Gasteiger partial charge in [-0.15, -0.1) is 11.3 Å². The predicted molar refractivity (Wildman–Crippen MR) is 80.2 cm³/mol. The average molecular weight is 300 g/mol. The molecule has 3 rings (SSSR count). The maximum atomic E-state index is 11.4. The van der Waals surface area contributed by atoms with E-state index in [1.807, 2.05) is 24.3 Å². The van der Waals surface area contributed by atoms with Crippen molar-refractivity contribution in [3.63, 3.8) is 0 Å². The molecule has 1 heterocycles. The molecule has 1 amide bonds. The molecule has 0 aliphatic heterocycles. The molecule has 2 aromatic carbocycles. The van der Waals surface area contributed by atoms with Gasteiger partial charge < -0.3 is 5.11 Å². The third-order valence-corrected chi connectivity index (χ3v) is 4.18. The van der Waals surface area contributed by atoms with E-state index in [1.54, 1.807) is 23.7 Å². The topological polar surface area (TPSA) is 82.5 Å². The number of aliphatic hydroxyl groups is 1. The Hall–Kier alpha value is -2.28. The van der Waals surface area contributed by atoms with Gasteiger partial charge in [-0.2, -0.15) is 0 Å². The predicted octanol–water partition coefficient (Wildman–Crippen LogP) is 2.57. The van der Waals surface area contributed by atoms with Gasteiger partial charge in [-0.05, 0) is 29.8 Å². The largest absolute Gasteiger partial charge is 0.392 e. The molecule has 6 heteroatoms. The highest BCUT2D eigenvalue weighted by Gasteiger charge is 2.10. The Bertz CT molecular complexity index is 814. The number of fused-ring (bicyclic) bond motifs is 1. The number of carbonyl (C=O) groups is 1. The molecule has 21 heavy (non-hydrogen) atoms. The minimum atomic E-state index is -0.547. The zero-order valence-electron chi connectivity index (χ0n) is 10.9. The monoisotopic (exact) mass is 300 g/mol. The summed E-state index contributed by atoms with van der Waals surface area (Å²) in [4.78, 5) is 15.9. The lowest BCUT2D eigenvalue weighted by Crippen LogP contribution is -2.18. The van der Waals surface area contributed by atoms with Crippen LogP contribution in [0.1, 0.15) is 15.9 Å². The van der Waals surface area contributed by atoms with E-state index in [0.717, 1.165) is 26.4 Å². The molecular formula is C15H12N2O3S. The molecule has 0 aliphatic rings. The van der Waals surface area contributed by atoms with E-state index >= 15 is 0 Å². The Labute approximate surface area is 124 Å². The minimum absolute atomic E-state index is 0.0143. The number of thiazole rings is 1. The third kappa shape index (κ3) is 2.64. The Balaban J connectivity index is 2.06. The summed E-state index contributed by atoms with van der Waals surface area (Å²) < 4.78 is 0.862. The number of hydrogen-bond acceptors (Lipinski definition) is 5. The van der Waals surface area contributed by atoms with Crippen LogP contribution in [-0.4, -0.2) is 21.2 Å². The van der Waals surface area contributed by atoms with Gasteiger partial charge >= 0.3 is 0 Å². The Morgan fingerprint density at radius 1 is 1.24 bits per heavy atom. The summed E-state index contributed by atoms with van der Waals surface area (Å²) in [6, 6.07) is 12.6. The van der Waals surface area contributed by atoms with Crippen LogP contribution in [0.15, 0.2) is 42.5 Å². The first-order valence-corrected chi connectivity index (χ1v) is 7.08. The Morgan fingerprint density at radius 3 is 2.86 bits per heavy atom. The van der Waals surface area contributed by atoms with Gasteiger partial charge in [-0.25, -0.2) is 10.5 Å². The van der Waals surface area contributed by atoms with Crippen LogP contribution in [0.2, 0.25) is 0 Å². The van der Waals surface area contributed by atoms with Crippen molar-refractivity contribution in [3.05, 3.63) is 53.6 Å².